The van der Waals surface area contributed by atoms with Crippen LogP contribution in [0, 0.1) is 0 Å². The zero-order valence-electron chi connectivity index (χ0n) is 13.8. The van der Waals surface area contributed by atoms with Crippen LogP contribution in [0.2, 0.25) is 0 Å². The standard InChI is InChI=1S/C16H35N3O/c1-4-5-6-7-8-9-12-18-16(17)19-13-10-11-14-20-15(2)3/h15H,4-14H2,1-3H3,(H3,17,18,19). The second kappa shape index (κ2) is 14.6. The monoisotopic (exact) mass is 285 g/mol. The second-order valence-corrected chi connectivity index (χ2v) is 5.59. The van der Waals surface area contributed by atoms with Crippen molar-refractivity contribution in [2.24, 2.45) is 10.7 Å². The van der Waals surface area contributed by atoms with Gasteiger partial charge in [-0.25, -0.2) is 0 Å². The van der Waals surface area contributed by atoms with Crippen LogP contribution in [-0.4, -0.2) is 31.8 Å². The maximum Gasteiger partial charge on any atom is 0.188 e. The molecule has 0 aromatic carbocycles. The van der Waals surface area contributed by atoms with Gasteiger partial charge in [-0.05, 0) is 33.1 Å². The van der Waals surface area contributed by atoms with Crippen LogP contribution in [0.4, 0.5) is 0 Å². The van der Waals surface area contributed by atoms with Gasteiger partial charge in [-0.3, -0.25) is 4.99 Å². The number of hydrogen-bond acceptors (Lipinski definition) is 2. The maximum atomic E-state index is 5.81. The quantitative estimate of drug-likeness (QED) is 0.309. The average molecular weight is 285 g/mol. The summed E-state index contributed by atoms with van der Waals surface area (Å²) in [7, 11) is 0. The number of unbranched alkanes of at least 4 members (excludes halogenated alkanes) is 6. The Bertz CT molecular complexity index is 230. The van der Waals surface area contributed by atoms with E-state index in [0.717, 1.165) is 39.0 Å². The van der Waals surface area contributed by atoms with Gasteiger partial charge in [0.2, 0.25) is 0 Å². The van der Waals surface area contributed by atoms with E-state index < -0.39 is 0 Å². The van der Waals surface area contributed by atoms with Crippen molar-refractivity contribution in [1.29, 1.82) is 0 Å². The largest absolute Gasteiger partial charge is 0.379 e. The minimum atomic E-state index is 0.326. The van der Waals surface area contributed by atoms with Crippen molar-refractivity contribution in [1.82, 2.24) is 5.32 Å². The molecule has 3 N–H and O–H groups in total. The third-order valence-corrected chi connectivity index (χ3v) is 3.12. The second-order valence-electron chi connectivity index (χ2n) is 5.59. The van der Waals surface area contributed by atoms with Crippen LogP contribution in [0.15, 0.2) is 4.99 Å². The minimum absolute atomic E-state index is 0.326. The van der Waals surface area contributed by atoms with E-state index in [1.807, 2.05) is 0 Å². The van der Waals surface area contributed by atoms with Gasteiger partial charge < -0.3 is 15.8 Å². The van der Waals surface area contributed by atoms with E-state index >= 15 is 0 Å². The van der Waals surface area contributed by atoms with Crippen molar-refractivity contribution >= 4 is 5.96 Å². The molecule has 0 bridgehead atoms. The van der Waals surface area contributed by atoms with Crippen LogP contribution in [0.1, 0.15) is 72.1 Å². The van der Waals surface area contributed by atoms with Gasteiger partial charge in [0.25, 0.3) is 0 Å². The molecule has 0 rings (SSSR count). The molecule has 0 aromatic heterocycles. The number of guanidine groups is 1. The lowest BCUT2D eigenvalue weighted by atomic mass is 10.1. The number of aliphatic imine (C=N–C) groups is 1. The Kier molecular flexibility index (Phi) is 14.1. The fraction of sp³-hybridized carbons (Fsp3) is 0.938. The van der Waals surface area contributed by atoms with Gasteiger partial charge in [0.1, 0.15) is 0 Å². The van der Waals surface area contributed by atoms with Crippen LogP contribution in [0.5, 0.6) is 0 Å². The topological polar surface area (TPSA) is 59.6 Å². The molecule has 4 heteroatoms. The lowest BCUT2D eigenvalue weighted by Gasteiger charge is -2.08. The van der Waals surface area contributed by atoms with Crippen molar-refractivity contribution in [2.45, 2.75) is 78.2 Å². The molecule has 0 heterocycles. The summed E-state index contributed by atoms with van der Waals surface area (Å²) < 4.78 is 5.48. The van der Waals surface area contributed by atoms with Crippen LogP contribution >= 0.6 is 0 Å². The van der Waals surface area contributed by atoms with Gasteiger partial charge in [-0.15, -0.1) is 0 Å². The number of nitrogens with two attached hydrogens (primary N) is 1. The Morgan fingerprint density at radius 1 is 1.05 bits per heavy atom. The van der Waals surface area contributed by atoms with Crippen LogP contribution < -0.4 is 11.1 Å². The Morgan fingerprint density at radius 2 is 1.75 bits per heavy atom. The molecular weight excluding hydrogens is 250 g/mol. The molecule has 0 spiro atoms. The van der Waals surface area contributed by atoms with E-state index in [0.29, 0.717) is 12.1 Å². The molecule has 0 amide bonds. The van der Waals surface area contributed by atoms with Crippen LogP contribution in [-0.2, 0) is 4.74 Å². The van der Waals surface area contributed by atoms with Gasteiger partial charge in [0.15, 0.2) is 5.96 Å². The highest BCUT2D eigenvalue weighted by Gasteiger charge is 1.95. The van der Waals surface area contributed by atoms with Gasteiger partial charge >= 0.3 is 0 Å². The molecule has 0 aliphatic heterocycles. The third-order valence-electron chi connectivity index (χ3n) is 3.12. The van der Waals surface area contributed by atoms with Crippen molar-refractivity contribution in [2.75, 3.05) is 19.7 Å². The SMILES string of the molecule is CCCCCCCCN=C(N)NCCCCOC(C)C. The predicted octanol–water partition coefficient (Wildman–Crippen LogP) is 3.46. The number of ether oxygens (including phenoxy) is 1. The first-order chi connectivity index (χ1) is 9.66. The molecule has 0 radical (unpaired) electrons. The van der Waals surface area contributed by atoms with Gasteiger partial charge in [-0.2, -0.15) is 0 Å². The smallest absolute Gasteiger partial charge is 0.188 e. The summed E-state index contributed by atoms with van der Waals surface area (Å²) >= 11 is 0. The summed E-state index contributed by atoms with van der Waals surface area (Å²) in [5.74, 6) is 0.586. The summed E-state index contributed by atoms with van der Waals surface area (Å²) in [5.41, 5.74) is 5.81. The number of nitrogens with zero attached hydrogens (tertiary/aromatic N) is 1. The highest BCUT2D eigenvalue weighted by atomic mass is 16.5. The average Bonchev–Trinajstić information content (AvgIpc) is 2.41. The maximum absolute atomic E-state index is 5.81. The van der Waals surface area contributed by atoms with Crippen LogP contribution in [0.25, 0.3) is 0 Å². The molecule has 20 heavy (non-hydrogen) atoms. The first-order valence-corrected chi connectivity index (χ1v) is 8.32. The Labute approximate surface area is 125 Å². The molecule has 120 valence electrons. The Hall–Kier alpha value is -0.770. The third kappa shape index (κ3) is 15.3. The van der Waals surface area contributed by atoms with E-state index in [4.69, 9.17) is 10.5 Å². The van der Waals surface area contributed by atoms with Gasteiger partial charge in [-0.1, -0.05) is 39.0 Å². The minimum Gasteiger partial charge on any atom is -0.379 e. The molecule has 0 unspecified atom stereocenters. The zero-order chi connectivity index (χ0) is 15.1. The summed E-state index contributed by atoms with van der Waals surface area (Å²) in [6.45, 7) is 8.92. The molecule has 0 saturated heterocycles. The van der Waals surface area contributed by atoms with Crippen molar-refractivity contribution < 1.29 is 4.74 Å². The predicted molar refractivity (Wildman–Crippen MR) is 88.2 cm³/mol. The summed E-state index contributed by atoms with van der Waals surface area (Å²) in [5, 5.41) is 3.15. The van der Waals surface area contributed by atoms with Gasteiger partial charge in [0, 0.05) is 19.7 Å². The fourth-order valence-electron chi connectivity index (χ4n) is 1.91. The molecule has 0 saturated carbocycles. The lowest BCUT2D eigenvalue weighted by molar-refractivity contribution is 0.0762. The van der Waals surface area contributed by atoms with Gasteiger partial charge in [0.05, 0.1) is 6.10 Å². The van der Waals surface area contributed by atoms with E-state index in [2.05, 4.69) is 31.1 Å². The normalized spacial score (nSPS) is 12.1. The lowest BCUT2D eigenvalue weighted by Crippen LogP contribution is -2.32. The molecule has 4 nitrogen and oxygen atoms in total. The van der Waals surface area contributed by atoms with Crippen molar-refractivity contribution in [3.8, 4) is 0 Å². The summed E-state index contributed by atoms with van der Waals surface area (Å²) in [6, 6.07) is 0. The van der Waals surface area contributed by atoms with E-state index in [1.54, 1.807) is 0 Å². The van der Waals surface area contributed by atoms with E-state index in [1.165, 1.54) is 32.1 Å². The first kappa shape index (κ1) is 19.2. The highest BCUT2D eigenvalue weighted by molar-refractivity contribution is 5.77. The summed E-state index contributed by atoms with van der Waals surface area (Å²) in [6.07, 6.45) is 10.2. The molecule has 0 atom stereocenters. The molecule has 0 aliphatic carbocycles. The highest BCUT2D eigenvalue weighted by Crippen LogP contribution is 2.04. The molecular formula is C16H35N3O. The Balaban J connectivity index is 3.29. The first-order valence-electron chi connectivity index (χ1n) is 8.32. The fourth-order valence-corrected chi connectivity index (χ4v) is 1.91. The Morgan fingerprint density at radius 3 is 2.45 bits per heavy atom. The number of rotatable bonds is 13. The molecule has 0 fully saturated rings. The van der Waals surface area contributed by atoms with Crippen molar-refractivity contribution in [3.63, 3.8) is 0 Å². The van der Waals surface area contributed by atoms with Crippen LogP contribution in [0.3, 0.4) is 0 Å². The van der Waals surface area contributed by atoms with Crippen molar-refractivity contribution in [3.05, 3.63) is 0 Å². The zero-order valence-corrected chi connectivity index (χ0v) is 13.8. The number of hydrogen-bond donors (Lipinski definition) is 2. The molecule has 0 aliphatic rings. The van der Waals surface area contributed by atoms with E-state index in [-0.39, 0.29) is 0 Å². The summed E-state index contributed by atoms with van der Waals surface area (Å²) in [4.78, 5) is 4.34. The van der Waals surface area contributed by atoms with E-state index in [9.17, 15) is 0 Å². The molecule has 0 aromatic rings. The number of nitrogens with one attached hydrogen (secondary N) is 1.